The number of carbonyl (C=O) groups excluding carboxylic acids is 1. The fraction of sp³-hybridized carbons (Fsp3) is 0.222. The smallest absolute Gasteiger partial charge is 0.243 e. The van der Waals surface area contributed by atoms with E-state index in [2.05, 4.69) is 5.32 Å². The van der Waals surface area contributed by atoms with Gasteiger partial charge in [-0.3, -0.25) is 4.79 Å². The predicted molar refractivity (Wildman–Crippen MR) is 98.2 cm³/mol. The van der Waals surface area contributed by atoms with E-state index in [0.29, 0.717) is 29.1 Å². The van der Waals surface area contributed by atoms with Gasteiger partial charge in [-0.05, 0) is 49.2 Å². The molecule has 134 valence electrons. The molecular formula is C18H16ClN3O3S. The van der Waals surface area contributed by atoms with Crippen LogP contribution in [0.15, 0.2) is 53.4 Å². The summed E-state index contributed by atoms with van der Waals surface area (Å²) in [7, 11) is -3.81. The van der Waals surface area contributed by atoms with Crippen LogP contribution in [-0.2, 0) is 14.8 Å². The number of halogens is 1. The van der Waals surface area contributed by atoms with Crippen LogP contribution < -0.4 is 5.32 Å². The second-order valence-corrected chi connectivity index (χ2v) is 8.20. The SMILES string of the molecule is N#Cc1ccccc1NC(=O)[C@H]1CCCN1S(=O)(=O)c1ccc(Cl)cc1. The molecule has 1 atom stereocenters. The molecule has 0 aliphatic carbocycles. The number of hydrogen-bond acceptors (Lipinski definition) is 4. The summed E-state index contributed by atoms with van der Waals surface area (Å²) >= 11 is 5.82. The van der Waals surface area contributed by atoms with Crippen molar-refractivity contribution in [2.75, 3.05) is 11.9 Å². The summed E-state index contributed by atoms with van der Waals surface area (Å²) in [6.07, 6.45) is 1.01. The van der Waals surface area contributed by atoms with Gasteiger partial charge in [0.25, 0.3) is 0 Å². The number of nitriles is 1. The molecule has 1 fully saturated rings. The van der Waals surface area contributed by atoms with Crippen molar-refractivity contribution in [3.63, 3.8) is 0 Å². The molecular weight excluding hydrogens is 374 g/mol. The van der Waals surface area contributed by atoms with Crippen LogP contribution in [0.5, 0.6) is 0 Å². The van der Waals surface area contributed by atoms with Crippen molar-refractivity contribution < 1.29 is 13.2 Å². The van der Waals surface area contributed by atoms with E-state index in [0.717, 1.165) is 0 Å². The Morgan fingerprint density at radius 3 is 2.58 bits per heavy atom. The van der Waals surface area contributed by atoms with Crippen LogP contribution in [0.3, 0.4) is 0 Å². The average molecular weight is 390 g/mol. The fourth-order valence-electron chi connectivity index (χ4n) is 2.94. The number of carbonyl (C=O) groups is 1. The molecule has 26 heavy (non-hydrogen) atoms. The molecule has 2 aromatic rings. The Kier molecular flexibility index (Phi) is 5.28. The molecule has 0 bridgehead atoms. The number of nitrogens with zero attached hydrogens (tertiary/aromatic N) is 2. The van der Waals surface area contributed by atoms with Crippen molar-refractivity contribution in [3.05, 3.63) is 59.1 Å². The zero-order valence-electron chi connectivity index (χ0n) is 13.7. The van der Waals surface area contributed by atoms with Gasteiger partial charge in [0.2, 0.25) is 15.9 Å². The molecule has 1 amide bonds. The van der Waals surface area contributed by atoms with E-state index in [1.54, 1.807) is 24.3 Å². The van der Waals surface area contributed by atoms with Gasteiger partial charge in [-0.25, -0.2) is 8.42 Å². The van der Waals surface area contributed by atoms with E-state index in [-0.39, 0.29) is 11.4 Å². The maximum atomic E-state index is 12.9. The summed E-state index contributed by atoms with van der Waals surface area (Å²) in [6, 6.07) is 13.6. The Hall–Kier alpha value is -2.40. The lowest BCUT2D eigenvalue weighted by Crippen LogP contribution is -2.43. The van der Waals surface area contributed by atoms with Crippen molar-refractivity contribution in [1.82, 2.24) is 4.31 Å². The minimum Gasteiger partial charge on any atom is -0.323 e. The maximum absolute atomic E-state index is 12.9. The van der Waals surface area contributed by atoms with Crippen LogP contribution in [0, 0.1) is 11.3 Å². The van der Waals surface area contributed by atoms with Crippen molar-refractivity contribution in [3.8, 4) is 6.07 Å². The second-order valence-electron chi connectivity index (χ2n) is 5.87. The largest absolute Gasteiger partial charge is 0.323 e. The predicted octanol–water partition coefficient (Wildman–Crippen LogP) is 3.00. The second kappa shape index (κ2) is 7.46. The number of hydrogen-bond donors (Lipinski definition) is 1. The Balaban J connectivity index is 1.85. The summed E-state index contributed by atoms with van der Waals surface area (Å²) in [5, 5.41) is 12.2. The van der Waals surface area contributed by atoms with Crippen LogP contribution in [0.1, 0.15) is 18.4 Å². The molecule has 6 nitrogen and oxygen atoms in total. The highest BCUT2D eigenvalue weighted by Crippen LogP contribution is 2.28. The maximum Gasteiger partial charge on any atom is 0.243 e. The van der Waals surface area contributed by atoms with Gasteiger partial charge < -0.3 is 5.32 Å². The average Bonchev–Trinajstić information content (AvgIpc) is 3.13. The Labute approximate surface area is 157 Å². The van der Waals surface area contributed by atoms with Gasteiger partial charge in [0, 0.05) is 11.6 Å². The lowest BCUT2D eigenvalue weighted by Gasteiger charge is -2.23. The molecule has 0 saturated carbocycles. The van der Waals surface area contributed by atoms with E-state index in [9.17, 15) is 13.2 Å². The number of benzene rings is 2. The first-order chi connectivity index (χ1) is 12.4. The number of nitrogens with one attached hydrogen (secondary N) is 1. The molecule has 1 aliphatic rings. The third-order valence-corrected chi connectivity index (χ3v) is 6.41. The lowest BCUT2D eigenvalue weighted by atomic mass is 10.1. The Morgan fingerprint density at radius 1 is 1.19 bits per heavy atom. The minimum absolute atomic E-state index is 0.0963. The molecule has 2 aromatic carbocycles. The standard InChI is InChI=1S/C18H16ClN3O3S/c19-14-7-9-15(10-8-14)26(24,25)22-11-3-6-17(22)18(23)21-16-5-2-1-4-13(16)12-20/h1-2,4-5,7-10,17H,3,6,11H2,(H,21,23)/t17-/m1/s1. The van der Waals surface area contributed by atoms with E-state index in [1.165, 1.54) is 28.6 Å². The van der Waals surface area contributed by atoms with Crippen LogP contribution in [0.2, 0.25) is 5.02 Å². The zero-order valence-corrected chi connectivity index (χ0v) is 15.3. The van der Waals surface area contributed by atoms with Gasteiger partial charge in [-0.1, -0.05) is 23.7 Å². The zero-order chi connectivity index (χ0) is 18.7. The number of rotatable bonds is 4. The Morgan fingerprint density at radius 2 is 1.88 bits per heavy atom. The molecule has 0 unspecified atom stereocenters. The summed E-state index contributed by atoms with van der Waals surface area (Å²) in [6.45, 7) is 0.267. The molecule has 1 aliphatic heterocycles. The number of amides is 1. The van der Waals surface area contributed by atoms with E-state index in [1.807, 2.05) is 6.07 Å². The third-order valence-electron chi connectivity index (χ3n) is 4.23. The summed E-state index contributed by atoms with van der Waals surface area (Å²) < 4.78 is 27.0. The quantitative estimate of drug-likeness (QED) is 0.870. The first-order valence-corrected chi connectivity index (χ1v) is 9.82. The lowest BCUT2D eigenvalue weighted by molar-refractivity contribution is -0.119. The molecule has 0 radical (unpaired) electrons. The number of anilines is 1. The first-order valence-electron chi connectivity index (χ1n) is 8.01. The molecule has 3 rings (SSSR count). The number of sulfonamides is 1. The topological polar surface area (TPSA) is 90.3 Å². The van der Waals surface area contributed by atoms with Crippen LogP contribution in [0.4, 0.5) is 5.69 Å². The van der Waals surface area contributed by atoms with Crippen molar-refractivity contribution in [1.29, 1.82) is 5.26 Å². The fourth-order valence-corrected chi connectivity index (χ4v) is 4.72. The van der Waals surface area contributed by atoms with Crippen LogP contribution >= 0.6 is 11.6 Å². The van der Waals surface area contributed by atoms with Gasteiger partial charge in [-0.15, -0.1) is 0 Å². The van der Waals surface area contributed by atoms with Gasteiger partial charge in [0.1, 0.15) is 12.1 Å². The normalized spacial score (nSPS) is 17.6. The van der Waals surface area contributed by atoms with Gasteiger partial charge in [0.05, 0.1) is 16.1 Å². The summed E-state index contributed by atoms with van der Waals surface area (Å²) in [4.78, 5) is 12.8. The highest BCUT2D eigenvalue weighted by Gasteiger charge is 2.39. The van der Waals surface area contributed by atoms with Gasteiger partial charge in [-0.2, -0.15) is 9.57 Å². The molecule has 1 N–H and O–H groups in total. The minimum atomic E-state index is -3.81. The van der Waals surface area contributed by atoms with E-state index >= 15 is 0 Å². The number of para-hydroxylation sites is 1. The van der Waals surface area contributed by atoms with Crippen molar-refractivity contribution >= 4 is 33.2 Å². The Bertz CT molecular complexity index is 968. The summed E-state index contributed by atoms with van der Waals surface area (Å²) in [5.74, 6) is -0.442. The highest BCUT2D eigenvalue weighted by molar-refractivity contribution is 7.89. The third kappa shape index (κ3) is 3.58. The highest BCUT2D eigenvalue weighted by atomic mass is 35.5. The summed E-state index contributed by atoms with van der Waals surface area (Å²) in [5.41, 5.74) is 0.696. The van der Waals surface area contributed by atoms with Crippen LogP contribution in [0.25, 0.3) is 0 Å². The van der Waals surface area contributed by atoms with E-state index < -0.39 is 22.0 Å². The van der Waals surface area contributed by atoms with E-state index in [4.69, 9.17) is 16.9 Å². The van der Waals surface area contributed by atoms with Crippen molar-refractivity contribution in [2.45, 2.75) is 23.8 Å². The van der Waals surface area contributed by atoms with Gasteiger partial charge >= 0.3 is 0 Å². The monoisotopic (exact) mass is 389 g/mol. The molecule has 1 saturated heterocycles. The van der Waals surface area contributed by atoms with Gasteiger partial charge in [0.15, 0.2) is 0 Å². The molecule has 1 heterocycles. The molecule has 8 heteroatoms. The molecule has 0 spiro atoms. The molecule has 0 aromatic heterocycles. The van der Waals surface area contributed by atoms with Crippen molar-refractivity contribution in [2.24, 2.45) is 0 Å². The first kappa shape index (κ1) is 18.4. The van der Waals surface area contributed by atoms with Crippen LogP contribution in [-0.4, -0.2) is 31.2 Å².